The lowest BCUT2D eigenvalue weighted by molar-refractivity contribution is -0.113. The third kappa shape index (κ3) is 2.04. The van der Waals surface area contributed by atoms with E-state index in [1.54, 1.807) is 22.8 Å². The van der Waals surface area contributed by atoms with Gasteiger partial charge >= 0.3 is 0 Å². The Kier molecular flexibility index (Phi) is 2.87. The summed E-state index contributed by atoms with van der Waals surface area (Å²) >= 11 is 5.91. The summed E-state index contributed by atoms with van der Waals surface area (Å²) in [5.41, 5.74) is 5.04. The number of nitrogens with zero attached hydrogens (tertiary/aromatic N) is 3. The molecule has 4 rings (SSSR count). The third-order valence-electron chi connectivity index (χ3n) is 3.82. The van der Waals surface area contributed by atoms with Crippen LogP contribution in [0.2, 0.25) is 5.02 Å². The maximum absolute atomic E-state index is 12.5. The summed E-state index contributed by atoms with van der Waals surface area (Å²) in [6.07, 6.45) is 4.01. The van der Waals surface area contributed by atoms with Crippen molar-refractivity contribution in [3.05, 3.63) is 64.1 Å². The zero-order valence-corrected chi connectivity index (χ0v) is 12.6. The second-order valence-corrected chi connectivity index (χ2v) is 5.82. The molecule has 0 amide bonds. The first-order valence-corrected chi connectivity index (χ1v) is 7.35. The molecule has 0 unspecified atom stereocenters. The summed E-state index contributed by atoms with van der Waals surface area (Å²) < 4.78 is 1.76. The Hall–Kier alpha value is -2.46. The monoisotopic (exact) mass is 309 g/mol. The van der Waals surface area contributed by atoms with Gasteiger partial charge in [0.2, 0.25) is 0 Å². The minimum absolute atomic E-state index is 0.0791. The van der Waals surface area contributed by atoms with Crippen LogP contribution in [-0.4, -0.2) is 20.4 Å². The molecule has 1 aromatic carbocycles. The lowest BCUT2D eigenvalue weighted by atomic mass is 9.91. The van der Waals surface area contributed by atoms with Crippen LogP contribution < -0.4 is 0 Å². The van der Waals surface area contributed by atoms with Crippen LogP contribution in [0.25, 0.3) is 17.3 Å². The molecule has 0 fully saturated rings. The molecule has 1 aliphatic rings. The zero-order valence-electron chi connectivity index (χ0n) is 11.9. The number of ketones is 1. The maximum atomic E-state index is 12.5. The van der Waals surface area contributed by atoms with Gasteiger partial charge in [-0.1, -0.05) is 23.7 Å². The van der Waals surface area contributed by atoms with Crippen LogP contribution in [0.1, 0.15) is 22.5 Å². The van der Waals surface area contributed by atoms with E-state index in [-0.39, 0.29) is 5.78 Å². The van der Waals surface area contributed by atoms with Crippen molar-refractivity contribution >= 4 is 34.7 Å². The van der Waals surface area contributed by atoms with Crippen LogP contribution in [0.3, 0.4) is 0 Å². The number of aromatic nitrogens is 3. The molecule has 0 saturated carbocycles. The predicted octanol–water partition coefficient (Wildman–Crippen LogP) is 3.36. The molecule has 0 radical (unpaired) electrons. The number of halogens is 1. The Labute approximate surface area is 132 Å². The van der Waals surface area contributed by atoms with Gasteiger partial charge in [0.05, 0.1) is 17.8 Å². The molecule has 1 aliphatic carbocycles. The number of aryl methyl sites for hydroxylation is 1. The summed E-state index contributed by atoms with van der Waals surface area (Å²) in [6.45, 7) is 1.92. The molecular formula is C17H12ClN3O. The van der Waals surface area contributed by atoms with E-state index in [2.05, 4.69) is 10.1 Å². The first kappa shape index (κ1) is 13.2. The molecule has 0 aliphatic heterocycles. The van der Waals surface area contributed by atoms with Gasteiger partial charge in [0.15, 0.2) is 11.4 Å². The smallest absolute Gasteiger partial charge is 0.169 e. The van der Waals surface area contributed by atoms with Crippen molar-refractivity contribution in [2.45, 2.75) is 13.3 Å². The van der Waals surface area contributed by atoms with E-state index in [1.165, 1.54) is 0 Å². The van der Waals surface area contributed by atoms with E-state index in [4.69, 9.17) is 11.6 Å². The molecule has 3 aromatic rings. The molecule has 0 N–H and O–H groups in total. The van der Waals surface area contributed by atoms with E-state index in [0.717, 1.165) is 28.2 Å². The number of hydrogen-bond donors (Lipinski definition) is 0. The molecule has 2 aromatic heterocycles. The number of allylic oxidation sites excluding steroid dienone is 1. The Morgan fingerprint density at radius 3 is 2.77 bits per heavy atom. The van der Waals surface area contributed by atoms with Crippen LogP contribution in [-0.2, 0) is 11.2 Å². The van der Waals surface area contributed by atoms with Gasteiger partial charge in [0, 0.05) is 28.4 Å². The number of rotatable bonds is 1. The molecule has 0 bridgehead atoms. The van der Waals surface area contributed by atoms with Crippen molar-refractivity contribution in [3.8, 4) is 0 Å². The number of Topliss-reactive ketones (excluding diaryl/α,β-unsaturated/α-hetero) is 1. The van der Waals surface area contributed by atoms with Crippen LogP contribution in [0.15, 0.2) is 36.5 Å². The minimum atomic E-state index is 0.0791. The molecule has 22 heavy (non-hydrogen) atoms. The van der Waals surface area contributed by atoms with E-state index < -0.39 is 0 Å². The van der Waals surface area contributed by atoms with Gasteiger partial charge in [0.25, 0.3) is 0 Å². The summed E-state index contributed by atoms with van der Waals surface area (Å²) in [5.74, 6) is 0.0791. The highest BCUT2D eigenvalue weighted by atomic mass is 35.5. The summed E-state index contributed by atoms with van der Waals surface area (Å²) in [5, 5.41) is 5.08. The van der Waals surface area contributed by atoms with Gasteiger partial charge in [-0.25, -0.2) is 9.50 Å². The van der Waals surface area contributed by atoms with E-state index in [0.29, 0.717) is 17.0 Å². The highest BCUT2D eigenvalue weighted by molar-refractivity contribution is 6.31. The molecule has 5 heteroatoms. The third-order valence-corrected chi connectivity index (χ3v) is 4.07. The highest BCUT2D eigenvalue weighted by Gasteiger charge is 2.22. The summed E-state index contributed by atoms with van der Waals surface area (Å²) in [6, 6.07) is 9.21. The molecule has 0 saturated heterocycles. The van der Waals surface area contributed by atoms with Gasteiger partial charge in [-0.2, -0.15) is 5.10 Å². The number of carbonyl (C=O) groups excluding carboxylic acids is 1. The average Bonchev–Trinajstić information content (AvgIpc) is 2.89. The van der Waals surface area contributed by atoms with Gasteiger partial charge < -0.3 is 0 Å². The molecule has 4 nitrogen and oxygen atoms in total. The lowest BCUT2D eigenvalue weighted by Gasteiger charge is -2.16. The van der Waals surface area contributed by atoms with Crippen molar-refractivity contribution in [1.82, 2.24) is 14.6 Å². The number of benzene rings is 1. The fraction of sp³-hybridized carbons (Fsp3) is 0.118. The standard InChI is InChI=1S/C17H12ClN3O/c1-10-6-17-19-9-12-7-14(11-2-4-13(18)5-3-11)16(22)8-15(12)21(17)20-10/h2-7,9H,8H2,1H3. The van der Waals surface area contributed by atoms with Crippen molar-refractivity contribution in [3.63, 3.8) is 0 Å². The van der Waals surface area contributed by atoms with Gasteiger partial charge in [-0.15, -0.1) is 0 Å². The predicted molar refractivity (Wildman–Crippen MR) is 85.8 cm³/mol. The van der Waals surface area contributed by atoms with Crippen molar-refractivity contribution < 1.29 is 4.79 Å². The largest absolute Gasteiger partial charge is 0.294 e. The number of carbonyl (C=O) groups is 1. The van der Waals surface area contributed by atoms with Crippen molar-refractivity contribution in [2.75, 3.05) is 0 Å². The van der Waals surface area contributed by atoms with Gasteiger partial charge in [-0.05, 0) is 30.7 Å². The second-order valence-electron chi connectivity index (χ2n) is 5.38. The SMILES string of the molecule is Cc1cc2ncc3c(n2n1)CC(=O)C(c1ccc(Cl)cc1)=C3. The highest BCUT2D eigenvalue weighted by Crippen LogP contribution is 2.28. The zero-order chi connectivity index (χ0) is 15.3. The maximum Gasteiger partial charge on any atom is 0.169 e. The topological polar surface area (TPSA) is 47.3 Å². The van der Waals surface area contributed by atoms with Crippen LogP contribution in [0.4, 0.5) is 0 Å². The fourth-order valence-corrected chi connectivity index (χ4v) is 2.89. The summed E-state index contributed by atoms with van der Waals surface area (Å²) in [7, 11) is 0. The molecule has 0 atom stereocenters. The number of fused-ring (bicyclic) bond motifs is 3. The average molecular weight is 310 g/mol. The Balaban J connectivity index is 1.90. The Bertz CT molecular complexity index is 938. The molecular weight excluding hydrogens is 298 g/mol. The van der Waals surface area contributed by atoms with Gasteiger partial charge in [-0.3, -0.25) is 4.79 Å². The quantitative estimate of drug-likeness (QED) is 0.692. The minimum Gasteiger partial charge on any atom is -0.294 e. The fourth-order valence-electron chi connectivity index (χ4n) is 2.76. The van der Waals surface area contributed by atoms with Gasteiger partial charge in [0.1, 0.15) is 0 Å². The lowest BCUT2D eigenvalue weighted by Crippen LogP contribution is -2.16. The molecule has 2 heterocycles. The number of hydrogen-bond acceptors (Lipinski definition) is 3. The summed E-state index contributed by atoms with van der Waals surface area (Å²) in [4.78, 5) is 16.9. The molecule has 0 spiro atoms. The van der Waals surface area contributed by atoms with Crippen LogP contribution >= 0.6 is 11.6 Å². The first-order chi connectivity index (χ1) is 10.6. The Morgan fingerprint density at radius 2 is 2.00 bits per heavy atom. The van der Waals surface area contributed by atoms with Crippen LogP contribution in [0, 0.1) is 6.92 Å². The van der Waals surface area contributed by atoms with E-state index in [9.17, 15) is 4.79 Å². The molecule has 108 valence electrons. The van der Waals surface area contributed by atoms with Crippen LogP contribution in [0.5, 0.6) is 0 Å². The van der Waals surface area contributed by atoms with E-state index >= 15 is 0 Å². The van der Waals surface area contributed by atoms with Crippen molar-refractivity contribution in [2.24, 2.45) is 0 Å². The Morgan fingerprint density at radius 1 is 1.23 bits per heavy atom. The first-order valence-electron chi connectivity index (χ1n) is 6.97. The van der Waals surface area contributed by atoms with Crippen molar-refractivity contribution in [1.29, 1.82) is 0 Å². The normalized spacial score (nSPS) is 14.1. The second kappa shape index (κ2) is 4.78. The van der Waals surface area contributed by atoms with E-state index in [1.807, 2.05) is 31.2 Å².